The van der Waals surface area contributed by atoms with E-state index in [2.05, 4.69) is 6.92 Å². The molecule has 4 heteroatoms. The summed E-state index contributed by atoms with van der Waals surface area (Å²) in [5.74, 6) is -2.47. The molecule has 20 heavy (non-hydrogen) atoms. The maximum atomic E-state index is 11.9. The van der Waals surface area contributed by atoms with Gasteiger partial charge in [-0.15, -0.1) is 0 Å². The molecule has 0 aliphatic heterocycles. The molecule has 0 N–H and O–H groups in total. The number of hydrogen-bond donors (Lipinski definition) is 0. The molecule has 0 aromatic rings. The normalized spacial score (nSPS) is 12.7. The molecular formula is C16H30O4. The molecule has 0 unspecified atom stereocenters. The van der Waals surface area contributed by atoms with Crippen LogP contribution in [0, 0.1) is 17.3 Å². The van der Waals surface area contributed by atoms with E-state index >= 15 is 0 Å². The van der Waals surface area contributed by atoms with Crippen molar-refractivity contribution in [2.24, 2.45) is 17.3 Å². The van der Waals surface area contributed by atoms with Crippen molar-refractivity contribution in [3.05, 3.63) is 0 Å². The Morgan fingerprint density at radius 3 is 1.50 bits per heavy atom. The number of carbonyl (C=O) groups excluding carboxylic acids is 2. The summed E-state index contributed by atoms with van der Waals surface area (Å²) in [5, 5.41) is 0. The zero-order chi connectivity index (χ0) is 16.1. The first-order valence-electron chi connectivity index (χ1n) is 7.42. The minimum atomic E-state index is -1.24. The van der Waals surface area contributed by atoms with Crippen LogP contribution < -0.4 is 0 Å². The summed E-state index contributed by atoms with van der Waals surface area (Å²) in [6, 6.07) is 0. The lowest BCUT2D eigenvalue weighted by Gasteiger charge is -2.42. The highest BCUT2D eigenvalue weighted by molar-refractivity contribution is 5.74. The van der Waals surface area contributed by atoms with Crippen LogP contribution in [-0.2, 0) is 19.1 Å². The van der Waals surface area contributed by atoms with E-state index in [-0.39, 0.29) is 23.8 Å². The number of hydrogen-bond acceptors (Lipinski definition) is 4. The average molecular weight is 286 g/mol. The highest BCUT2D eigenvalue weighted by Crippen LogP contribution is 2.40. The summed E-state index contributed by atoms with van der Waals surface area (Å²) in [7, 11) is 0. The molecule has 118 valence electrons. The van der Waals surface area contributed by atoms with Crippen molar-refractivity contribution in [1.29, 1.82) is 0 Å². The van der Waals surface area contributed by atoms with Crippen molar-refractivity contribution in [2.45, 2.75) is 74.0 Å². The van der Waals surface area contributed by atoms with Crippen molar-refractivity contribution in [3.8, 4) is 0 Å². The van der Waals surface area contributed by atoms with Gasteiger partial charge in [-0.1, -0.05) is 54.9 Å². The van der Waals surface area contributed by atoms with Crippen molar-refractivity contribution >= 4 is 11.9 Å². The number of esters is 2. The fourth-order valence-electron chi connectivity index (χ4n) is 1.77. The Kier molecular flexibility index (Phi) is 6.72. The van der Waals surface area contributed by atoms with Gasteiger partial charge in [0.25, 0.3) is 5.79 Å². The van der Waals surface area contributed by atoms with E-state index in [1.165, 1.54) is 0 Å². The van der Waals surface area contributed by atoms with Gasteiger partial charge in [-0.05, 0) is 6.42 Å². The zero-order valence-corrected chi connectivity index (χ0v) is 14.2. The molecule has 0 saturated carbocycles. The van der Waals surface area contributed by atoms with Gasteiger partial charge in [0.05, 0.1) is 11.8 Å². The second-order valence-electron chi connectivity index (χ2n) is 6.73. The third-order valence-electron chi connectivity index (χ3n) is 3.64. The van der Waals surface area contributed by atoms with Crippen molar-refractivity contribution in [1.82, 2.24) is 0 Å². The Labute approximate surface area is 123 Å². The van der Waals surface area contributed by atoms with Crippen LogP contribution in [0.4, 0.5) is 0 Å². The predicted octanol–water partition coefficient (Wildman–Crippen LogP) is 3.93. The topological polar surface area (TPSA) is 52.6 Å². The summed E-state index contributed by atoms with van der Waals surface area (Å²) in [6.07, 6.45) is 1.71. The van der Waals surface area contributed by atoms with Crippen LogP contribution in [0.1, 0.15) is 68.2 Å². The molecule has 0 heterocycles. The van der Waals surface area contributed by atoms with E-state index < -0.39 is 11.2 Å². The molecule has 0 atom stereocenters. The minimum Gasteiger partial charge on any atom is -0.422 e. The Morgan fingerprint density at radius 2 is 1.25 bits per heavy atom. The van der Waals surface area contributed by atoms with Gasteiger partial charge in [0.2, 0.25) is 0 Å². The quantitative estimate of drug-likeness (QED) is 0.525. The second kappa shape index (κ2) is 7.09. The minimum absolute atomic E-state index is 0.260. The molecular weight excluding hydrogens is 256 g/mol. The van der Waals surface area contributed by atoms with Crippen LogP contribution in [0.3, 0.4) is 0 Å². The second-order valence-corrected chi connectivity index (χ2v) is 6.73. The Bertz CT molecular complexity index is 320. The van der Waals surface area contributed by atoms with Gasteiger partial charge in [0.1, 0.15) is 0 Å². The van der Waals surface area contributed by atoms with Gasteiger partial charge in [-0.2, -0.15) is 0 Å². The average Bonchev–Trinajstić information content (AvgIpc) is 2.27. The van der Waals surface area contributed by atoms with Crippen LogP contribution in [0.2, 0.25) is 0 Å². The molecule has 0 amide bonds. The largest absolute Gasteiger partial charge is 0.422 e. The number of rotatable bonds is 7. The van der Waals surface area contributed by atoms with E-state index in [4.69, 9.17) is 9.47 Å². The lowest BCUT2D eigenvalue weighted by Crippen LogP contribution is -2.50. The van der Waals surface area contributed by atoms with Crippen molar-refractivity contribution in [3.63, 3.8) is 0 Å². The van der Waals surface area contributed by atoms with Gasteiger partial charge < -0.3 is 9.47 Å². The highest BCUT2D eigenvalue weighted by atomic mass is 16.7. The smallest absolute Gasteiger partial charge is 0.311 e. The summed E-state index contributed by atoms with van der Waals surface area (Å²) in [5.41, 5.74) is -0.448. The van der Waals surface area contributed by atoms with Crippen LogP contribution in [0.25, 0.3) is 0 Å². The first kappa shape index (κ1) is 18.9. The summed E-state index contributed by atoms with van der Waals surface area (Å²) in [4.78, 5) is 23.9. The van der Waals surface area contributed by atoms with E-state index in [0.29, 0.717) is 0 Å². The summed E-state index contributed by atoms with van der Waals surface area (Å²) in [6.45, 7) is 14.7. The molecule has 0 fully saturated rings. The van der Waals surface area contributed by atoms with Crippen molar-refractivity contribution < 1.29 is 19.1 Å². The molecule has 0 radical (unpaired) electrons. The standard InChI is InChI=1S/C16H30O4/c1-9-10-15(6,7)16(8,19-13(17)11(2)3)20-14(18)12(4)5/h11-12H,9-10H2,1-8H3. The van der Waals surface area contributed by atoms with Gasteiger partial charge in [0.15, 0.2) is 0 Å². The van der Waals surface area contributed by atoms with Crippen molar-refractivity contribution in [2.75, 3.05) is 0 Å². The van der Waals surface area contributed by atoms with E-state index in [0.717, 1.165) is 12.8 Å². The fourth-order valence-corrected chi connectivity index (χ4v) is 1.77. The van der Waals surface area contributed by atoms with Crippen LogP contribution in [0.5, 0.6) is 0 Å². The summed E-state index contributed by atoms with van der Waals surface area (Å²) < 4.78 is 11.1. The lowest BCUT2D eigenvalue weighted by molar-refractivity contribution is -0.264. The molecule has 0 aliphatic carbocycles. The maximum absolute atomic E-state index is 11.9. The number of ether oxygens (including phenoxy) is 2. The molecule has 4 nitrogen and oxygen atoms in total. The molecule has 0 saturated heterocycles. The van der Waals surface area contributed by atoms with Gasteiger partial charge >= 0.3 is 11.9 Å². The molecule has 0 spiro atoms. The Morgan fingerprint density at radius 1 is 0.900 bits per heavy atom. The number of carbonyl (C=O) groups is 2. The monoisotopic (exact) mass is 286 g/mol. The molecule has 0 aliphatic rings. The van der Waals surface area contributed by atoms with Gasteiger partial charge in [-0.3, -0.25) is 9.59 Å². The highest BCUT2D eigenvalue weighted by Gasteiger charge is 2.48. The fraction of sp³-hybridized carbons (Fsp3) is 0.875. The first-order chi connectivity index (χ1) is 8.97. The van der Waals surface area contributed by atoms with Crippen LogP contribution in [0.15, 0.2) is 0 Å². The van der Waals surface area contributed by atoms with E-state index in [9.17, 15) is 9.59 Å². The van der Waals surface area contributed by atoms with Crippen LogP contribution in [-0.4, -0.2) is 17.7 Å². The van der Waals surface area contributed by atoms with Crippen LogP contribution >= 0.6 is 0 Å². The van der Waals surface area contributed by atoms with Gasteiger partial charge in [-0.25, -0.2) is 0 Å². The molecule has 0 rings (SSSR count). The predicted molar refractivity (Wildman–Crippen MR) is 79.0 cm³/mol. The third-order valence-corrected chi connectivity index (χ3v) is 3.64. The summed E-state index contributed by atoms with van der Waals surface area (Å²) >= 11 is 0. The molecule has 0 bridgehead atoms. The third kappa shape index (κ3) is 4.80. The first-order valence-corrected chi connectivity index (χ1v) is 7.42. The Hall–Kier alpha value is -1.06. The maximum Gasteiger partial charge on any atom is 0.311 e. The SMILES string of the molecule is CCCC(C)(C)C(C)(OC(=O)C(C)C)OC(=O)C(C)C. The molecule has 0 aromatic heterocycles. The lowest BCUT2D eigenvalue weighted by atomic mass is 9.79. The van der Waals surface area contributed by atoms with E-state index in [1.54, 1.807) is 34.6 Å². The van der Waals surface area contributed by atoms with Gasteiger partial charge in [0, 0.05) is 12.3 Å². The Balaban J connectivity index is 5.32. The zero-order valence-electron chi connectivity index (χ0n) is 14.2. The molecule has 0 aromatic carbocycles. The van der Waals surface area contributed by atoms with E-state index in [1.807, 2.05) is 13.8 Å².